The lowest BCUT2D eigenvalue weighted by molar-refractivity contribution is 0.0600. The largest absolute Gasteiger partial charge is 0.465 e. The first-order valence-electron chi connectivity index (χ1n) is 7.05. The minimum absolute atomic E-state index is 0.332. The maximum absolute atomic E-state index is 11.5. The Kier molecular flexibility index (Phi) is 3.69. The molecular formula is C15H19N3O2. The van der Waals surface area contributed by atoms with E-state index in [1.165, 1.54) is 32.8 Å². The highest BCUT2D eigenvalue weighted by atomic mass is 16.5. The quantitative estimate of drug-likeness (QED) is 0.867. The number of pyridine rings is 1. The van der Waals surface area contributed by atoms with Gasteiger partial charge in [0, 0.05) is 25.0 Å². The Bertz CT molecular complexity index is 615. The molecule has 0 amide bonds. The van der Waals surface area contributed by atoms with Gasteiger partial charge in [-0.05, 0) is 25.0 Å². The van der Waals surface area contributed by atoms with Crippen molar-refractivity contribution in [3.05, 3.63) is 35.8 Å². The summed E-state index contributed by atoms with van der Waals surface area (Å²) in [6, 6.07) is 4.13. The molecule has 0 spiro atoms. The summed E-state index contributed by atoms with van der Waals surface area (Å²) in [6.07, 6.45) is 9.02. The summed E-state index contributed by atoms with van der Waals surface area (Å²) in [4.78, 5) is 16.0. The first-order chi connectivity index (χ1) is 9.76. The number of hydrogen-bond acceptors (Lipinski definition) is 4. The van der Waals surface area contributed by atoms with Gasteiger partial charge < -0.3 is 14.5 Å². The summed E-state index contributed by atoms with van der Waals surface area (Å²) in [5, 5.41) is 3.54. The van der Waals surface area contributed by atoms with E-state index >= 15 is 0 Å². The van der Waals surface area contributed by atoms with Crippen LogP contribution >= 0.6 is 0 Å². The van der Waals surface area contributed by atoms with Crippen LogP contribution in [0.15, 0.2) is 24.5 Å². The zero-order valence-corrected chi connectivity index (χ0v) is 11.6. The minimum atomic E-state index is -0.332. The molecule has 0 atom stereocenters. The molecule has 0 saturated heterocycles. The standard InChI is InChI=1S/C15H19N3O2/c1-20-15(19)11-6-7-18-10-13(17-14(18)8-11)9-16-12-4-2-3-5-12/h6-8,10,12,16H,2-5,9H2,1H3. The van der Waals surface area contributed by atoms with E-state index in [2.05, 4.69) is 10.3 Å². The molecule has 1 saturated carbocycles. The van der Waals surface area contributed by atoms with Crippen molar-refractivity contribution in [1.29, 1.82) is 0 Å². The molecule has 0 bridgehead atoms. The molecule has 20 heavy (non-hydrogen) atoms. The maximum atomic E-state index is 11.5. The number of fused-ring (bicyclic) bond motifs is 1. The SMILES string of the molecule is COC(=O)c1ccn2cc(CNC3CCCC3)nc2c1. The number of esters is 1. The van der Waals surface area contributed by atoms with E-state index in [-0.39, 0.29) is 5.97 Å². The normalized spacial score (nSPS) is 15.8. The van der Waals surface area contributed by atoms with E-state index in [0.717, 1.165) is 17.9 Å². The second-order valence-electron chi connectivity index (χ2n) is 5.27. The van der Waals surface area contributed by atoms with E-state index in [1.54, 1.807) is 12.1 Å². The molecule has 2 aromatic heterocycles. The van der Waals surface area contributed by atoms with E-state index in [1.807, 2.05) is 16.8 Å². The van der Waals surface area contributed by atoms with Crippen molar-refractivity contribution in [3.63, 3.8) is 0 Å². The van der Waals surface area contributed by atoms with Crippen LogP contribution in [-0.4, -0.2) is 28.5 Å². The number of carbonyl (C=O) groups excluding carboxylic acids is 1. The summed E-state index contributed by atoms with van der Waals surface area (Å²) in [7, 11) is 1.38. The topological polar surface area (TPSA) is 55.6 Å². The van der Waals surface area contributed by atoms with Crippen molar-refractivity contribution in [3.8, 4) is 0 Å². The highest BCUT2D eigenvalue weighted by molar-refractivity contribution is 5.90. The second kappa shape index (κ2) is 5.63. The average Bonchev–Trinajstić information content (AvgIpc) is 3.12. The van der Waals surface area contributed by atoms with Crippen LogP contribution in [0.4, 0.5) is 0 Å². The van der Waals surface area contributed by atoms with Gasteiger partial charge in [-0.3, -0.25) is 0 Å². The Labute approximate surface area is 118 Å². The highest BCUT2D eigenvalue weighted by Crippen LogP contribution is 2.18. The molecule has 106 valence electrons. The van der Waals surface area contributed by atoms with Crippen molar-refractivity contribution in [2.24, 2.45) is 0 Å². The van der Waals surface area contributed by atoms with E-state index in [0.29, 0.717) is 11.6 Å². The summed E-state index contributed by atoms with van der Waals surface area (Å²) < 4.78 is 6.65. The van der Waals surface area contributed by atoms with Gasteiger partial charge in [0.2, 0.25) is 0 Å². The number of carbonyl (C=O) groups is 1. The van der Waals surface area contributed by atoms with E-state index in [9.17, 15) is 4.79 Å². The predicted molar refractivity (Wildman–Crippen MR) is 75.6 cm³/mol. The van der Waals surface area contributed by atoms with Crippen LogP contribution in [0.25, 0.3) is 5.65 Å². The van der Waals surface area contributed by atoms with Gasteiger partial charge >= 0.3 is 5.97 Å². The summed E-state index contributed by atoms with van der Waals surface area (Å²) >= 11 is 0. The molecule has 1 aliphatic rings. The summed E-state index contributed by atoms with van der Waals surface area (Å²) in [5.74, 6) is -0.332. The molecule has 2 heterocycles. The van der Waals surface area contributed by atoms with Gasteiger partial charge in [0.05, 0.1) is 18.4 Å². The van der Waals surface area contributed by atoms with Crippen molar-refractivity contribution in [2.45, 2.75) is 38.3 Å². The molecule has 1 N–H and O–H groups in total. The molecule has 1 fully saturated rings. The number of nitrogens with one attached hydrogen (secondary N) is 1. The fraction of sp³-hybridized carbons (Fsp3) is 0.467. The maximum Gasteiger partial charge on any atom is 0.338 e. The number of hydrogen-bond donors (Lipinski definition) is 1. The molecular weight excluding hydrogens is 254 g/mol. The van der Waals surface area contributed by atoms with Crippen LogP contribution in [0, 0.1) is 0 Å². The van der Waals surface area contributed by atoms with Crippen molar-refractivity contribution < 1.29 is 9.53 Å². The van der Waals surface area contributed by atoms with Crippen LogP contribution in [0.2, 0.25) is 0 Å². The number of ether oxygens (including phenoxy) is 1. The molecule has 3 rings (SSSR count). The third-order valence-electron chi connectivity index (χ3n) is 3.86. The monoisotopic (exact) mass is 273 g/mol. The van der Waals surface area contributed by atoms with Gasteiger partial charge in [-0.25, -0.2) is 9.78 Å². The number of nitrogens with zero attached hydrogens (tertiary/aromatic N) is 2. The van der Waals surface area contributed by atoms with E-state index < -0.39 is 0 Å². The number of imidazole rings is 1. The first-order valence-corrected chi connectivity index (χ1v) is 7.05. The highest BCUT2D eigenvalue weighted by Gasteiger charge is 2.14. The Hall–Kier alpha value is -1.88. The second-order valence-corrected chi connectivity index (χ2v) is 5.27. The van der Waals surface area contributed by atoms with Gasteiger partial charge in [0.15, 0.2) is 0 Å². The van der Waals surface area contributed by atoms with Crippen molar-refractivity contribution in [1.82, 2.24) is 14.7 Å². The summed E-state index contributed by atoms with van der Waals surface area (Å²) in [6.45, 7) is 0.778. The molecule has 1 aliphatic carbocycles. The third-order valence-corrected chi connectivity index (χ3v) is 3.86. The Morgan fingerprint density at radius 2 is 2.30 bits per heavy atom. The Morgan fingerprint density at radius 1 is 1.50 bits per heavy atom. The first kappa shape index (κ1) is 13.1. The predicted octanol–water partition coefficient (Wildman–Crippen LogP) is 2.15. The Morgan fingerprint density at radius 3 is 3.05 bits per heavy atom. The molecule has 0 radical (unpaired) electrons. The van der Waals surface area contributed by atoms with Crippen LogP contribution in [0.3, 0.4) is 0 Å². The minimum Gasteiger partial charge on any atom is -0.465 e. The number of aromatic nitrogens is 2. The molecule has 0 aliphatic heterocycles. The molecule has 5 heteroatoms. The third kappa shape index (κ3) is 2.67. The van der Waals surface area contributed by atoms with Gasteiger partial charge in [-0.1, -0.05) is 12.8 Å². The van der Waals surface area contributed by atoms with Crippen LogP contribution in [0.1, 0.15) is 41.7 Å². The smallest absolute Gasteiger partial charge is 0.338 e. The lowest BCUT2D eigenvalue weighted by atomic mass is 10.2. The van der Waals surface area contributed by atoms with Gasteiger partial charge in [-0.15, -0.1) is 0 Å². The van der Waals surface area contributed by atoms with Crippen molar-refractivity contribution in [2.75, 3.05) is 7.11 Å². The fourth-order valence-corrected chi connectivity index (χ4v) is 2.74. The lowest BCUT2D eigenvalue weighted by Gasteiger charge is -2.09. The van der Waals surface area contributed by atoms with Gasteiger partial charge in [-0.2, -0.15) is 0 Å². The van der Waals surface area contributed by atoms with Crippen LogP contribution < -0.4 is 5.32 Å². The van der Waals surface area contributed by atoms with E-state index in [4.69, 9.17) is 4.74 Å². The molecule has 5 nitrogen and oxygen atoms in total. The number of methoxy groups -OCH3 is 1. The number of rotatable bonds is 4. The van der Waals surface area contributed by atoms with Crippen molar-refractivity contribution >= 4 is 11.6 Å². The molecule has 0 unspecified atom stereocenters. The molecule has 2 aromatic rings. The summed E-state index contributed by atoms with van der Waals surface area (Å²) in [5.41, 5.74) is 2.30. The van der Waals surface area contributed by atoms with Gasteiger partial charge in [0.1, 0.15) is 5.65 Å². The van der Waals surface area contributed by atoms with Gasteiger partial charge in [0.25, 0.3) is 0 Å². The lowest BCUT2D eigenvalue weighted by Crippen LogP contribution is -2.25. The fourth-order valence-electron chi connectivity index (χ4n) is 2.74. The average molecular weight is 273 g/mol. The molecule has 0 aromatic carbocycles. The zero-order valence-electron chi connectivity index (χ0n) is 11.6. The van der Waals surface area contributed by atoms with Crippen LogP contribution in [-0.2, 0) is 11.3 Å². The van der Waals surface area contributed by atoms with Crippen LogP contribution in [0.5, 0.6) is 0 Å². The Balaban J connectivity index is 1.74. The zero-order chi connectivity index (χ0) is 13.9.